The van der Waals surface area contributed by atoms with Crippen LogP contribution in [-0.4, -0.2) is 61.6 Å². The van der Waals surface area contributed by atoms with Crippen molar-refractivity contribution < 1.29 is 13.9 Å². The minimum Gasteiger partial charge on any atom is -0.460 e. The van der Waals surface area contributed by atoms with Gasteiger partial charge >= 0.3 is 0 Å². The molecule has 1 amide bonds. The van der Waals surface area contributed by atoms with Crippen molar-refractivity contribution in [3.63, 3.8) is 0 Å². The van der Waals surface area contributed by atoms with E-state index in [-0.39, 0.29) is 18.6 Å². The molecule has 0 saturated carbocycles. The summed E-state index contributed by atoms with van der Waals surface area (Å²) in [6.07, 6.45) is 0.0810. The van der Waals surface area contributed by atoms with Gasteiger partial charge in [-0.05, 0) is 19.2 Å². The first-order chi connectivity index (χ1) is 11.1. The number of hydrogen-bond donors (Lipinski definition) is 1. The predicted molar refractivity (Wildman–Crippen MR) is 87.9 cm³/mol. The molecule has 0 spiro atoms. The number of carbonyl (C=O) groups is 1. The molecule has 1 aromatic heterocycles. The van der Waals surface area contributed by atoms with E-state index in [0.717, 1.165) is 36.4 Å². The van der Waals surface area contributed by atoms with Gasteiger partial charge in [-0.1, -0.05) is 18.2 Å². The first-order valence-electron chi connectivity index (χ1n) is 7.88. The molecule has 1 aliphatic rings. The molecule has 124 valence electrons. The Morgan fingerprint density at radius 1 is 1.43 bits per heavy atom. The zero-order chi connectivity index (χ0) is 16.2. The summed E-state index contributed by atoms with van der Waals surface area (Å²) in [5.74, 6) is 0.653. The number of morpholine rings is 1. The normalized spacial score (nSPS) is 19.5. The van der Waals surface area contributed by atoms with Crippen LogP contribution in [0.1, 0.15) is 5.76 Å². The van der Waals surface area contributed by atoms with Crippen LogP contribution < -0.4 is 5.73 Å². The summed E-state index contributed by atoms with van der Waals surface area (Å²) in [5.41, 5.74) is 6.15. The quantitative estimate of drug-likeness (QED) is 0.862. The maximum Gasteiger partial charge on any atom is 0.231 e. The molecule has 6 nitrogen and oxygen atoms in total. The Hall–Kier alpha value is -1.89. The van der Waals surface area contributed by atoms with Crippen molar-refractivity contribution in [3.05, 3.63) is 36.1 Å². The molecule has 3 rings (SSSR count). The lowest BCUT2D eigenvalue weighted by Gasteiger charge is -2.34. The Balaban J connectivity index is 1.56. The maximum atomic E-state index is 11.0. The molecule has 23 heavy (non-hydrogen) atoms. The fraction of sp³-hybridized carbons (Fsp3) is 0.471. The maximum absolute atomic E-state index is 11.0. The van der Waals surface area contributed by atoms with Crippen LogP contribution in [0.25, 0.3) is 11.0 Å². The van der Waals surface area contributed by atoms with Gasteiger partial charge in [0.1, 0.15) is 11.3 Å². The minimum absolute atomic E-state index is 0.0810. The third-order valence-corrected chi connectivity index (χ3v) is 4.02. The summed E-state index contributed by atoms with van der Waals surface area (Å²) < 4.78 is 11.7. The lowest BCUT2D eigenvalue weighted by Crippen LogP contribution is -2.47. The van der Waals surface area contributed by atoms with Gasteiger partial charge in [0.2, 0.25) is 5.91 Å². The summed E-state index contributed by atoms with van der Waals surface area (Å²) in [4.78, 5) is 15.2. The van der Waals surface area contributed by atoms with E-state index < -0.39 is 0 Å². The summed E-state index contributed by atoms with van der Waals surface area (Å²) in [5, 5.41) is 1.13. The highest BCUT2D eigenvalue weighted by molar-refractivity contribution is 5.77. The fourth-order valence-corrected chi connectivity index (χ4v) is 3.05. The largest absolute Gasteiger partial charge is 0.460 e. The molecule has 1 fully saturated rings. The van der Waals surface area contributed by atoms with E-state index in [9.17, 15) is 4.79 Å². The Morgan fingerprint density at radius 3 is 3.04 bits per heavy atom. The molecule has 0 bridgehead atoms. The van der Waals surface area contributed by atoms with Gasteiger partial charge in [-0.25, -0.2) is 0 Å². The highest BCUT2D eigenvalue weighted by Gasteiger charge is 2.23. The molecule has 1 atom stereocenters. The van der Waals surface area contributed by atoms with Crippen LogP contribution in [0.3, 0.4) is 0 Å². The second-order valence-electron chi connectivity index (χ2n) is 6.14. The Morgan fingerprint density at radius 2 is 2.26 bits per heavy atom. The van der Waals surface area contributed by atoms with Crippen LogP contribution in [0.4, 0.5) is 0 Å². The van der Waals surface area contributed by atoms with Gasteiger partial charge in [-0.15, -0.1) is 0 Å². The number of furan rings is 1. The number of hydrogen-bond acceptors (Lipinski definition) is 5. The highest BCUT2D eigenvalue weighted by Crippen LogP contribution is 2.20. The van der Waals surface area contributed by atoms with Gasteiger partial charge in [0.15, 0.2) is 0 Å². The zero-order valence-electron chi connectivity index (χ0n) is 13.4. The van der Waals surface area contributed by atoms with E-state index in [4.69, 9.17) is 14.9 Å². The minimum atomic E-state index is -0.317. The number of likely N-dealkylation sites (N-methyl/N-ethyl adjacent to an activating group) is 1. The van der Waals surface area contributed by atoms with Crippen LogP contribution in [0.5, 0.6) is 0 Å². The Kier molecular flexibility index (Phi) is 4.95. The highest BCUT2D eigenvalue weighted by atomic mass is 16.5. The summed E-state index contributed by atoms with van der Waals surface area (Å²) in [7, 11) is 1.88. The van der Waals surface area contributed by atoms with Crippen LogP contribution >= 0.6 is 0 Å². The lowest BCUT2D eigenvalue weighted by molar-refractivity contribution is -0.119. The molecular weight excluding hydrogens is 294 g/mol. The van der Waals surface area contributed by atoms with E-state index in [1.165, 1.54) is 0 Å². The second kappa shape index (κ2) is 7.12. The Bertz CT molecular complexity index is 637. The SMILES string of the molecule is CN(CC(N)=O)CC1CN(Cc2cc3ccccc3o2)CCO1. The van der Waals surface area contributed by atoms with Gasteiger partial charge in [0.05, 0.1) is 25.8 Å². The van der Waals surface area contributed by atoms with Crippen molar-refractivity contribution in [1.82, 2.24) is 9.80 Å². The standard InChI is InChI=1S/C17H23N3O3/c1-19(12-17(18)21)9-15-11-20(6-7-22-15)10-14-8-13-4-2-3-5-16(13)23-14/h2-5,8,15H,6-7,9-12H2,1H3,(H2,18,21). The number of primary amides is 1. The lowest BCUT2D eigenvalue weighted by atomic mass is 10.2. The third-order valence-electron chi connectivity index (χ3n) is 4.02. The van der Waals surface area contributed by atoms with E-state index in [1.54, 1.807) is 0 Å². The topological polar surface area (TPSA) is 71.9 Å². The average Bonchev–Trinajstić information content (AvgIpc) is 2.88. The van der Waals surface area contributed by atoms with Gasteiger partial charge in [0.25, 0.3) is 0 Å². The predicted octanol–water partition coefficient (Wildman–Crippen LogP) is 1.05. The molecule has 1 aromatic carbocycles. The number of rotatable bonds is 6. The number of amides is 1. The molecular formula is C17H23N3O3. The second-order valence-corrected chi connectivity index (χ2v) is 6.14. The van der Waals surface area contributed by atoms with Crippen molar-refractivity contribution in [2.75, 3.05) is 39.8 Å². The number of benzene rings is 1. The average molecular weight is 317 g/mol. The molecule has 1 saturated heterocycles. The van der Waals surface area contributed by atoms with Crippen LogP contribution in [-0.2, 0) is 16.1 Å². The van der Waals surface area contributed by atoms with Crippen LogP contribution in [0, 0.1) is 0 Å². The number of fused-ring (bicyclic) bond motifs is 1. The van der Waals surface area contributed by atoms with Gasteiger partial charge in [-0.2, -0.15) is 0 Å². The van der Waals surface area contributed by atoms with Crippen molar-refractivity contribution in [3.8, 4) is 0 Å². The first kappa shape index (κ1) is 16.0. The number of nitrogens with zero attached hydrogens (tertiary/aromatic N) is 2. The molecule has 2 heterocycles. The van der Waals surface area contributed by atoms with Gasteiger partial charge < -0.3 is 14.9 Å². The van der Waals surface area contributed by atoms with Crippen LogP contribution in [0.2, 0.25) is 0 Å². The number of ether oxygens (including phenoxy) is 1. The molecule has 2 aromatic rings. The van der Waals surface area contributed by atoms with E-state index in [2.05, 4.69) is 17.0 Å². The third kappa shape index (κ3) is 4.31. The smallest absolute Gasteiger partial charge is 0.231 e. The fourth-order valence-electron chi connectivity index (χ4n) is 3.05. The first-order valence-corrected chi connectivity index (χ1v) is 7.88. The van der Waals surface area contributed by atoms with Crippen molar-refractivity contribution in [1.29, 1.82) is 0 Å². The Labute approximate surface area is 135 Å². The van der Waals surface area contributed by atoms with Crippen molar-refractivity contribution >= 4 is 16.9 Å². The molecule has 1 unspecified atom stereocenters. The van der Waals surface area contributed by atoms with Gasteiger partial charge in [0, 0.05) is 25.0 Å². The van der Waals surface area contributed by atoms with Crippen LogP contribution in [0.15, 0.2) is 34.7 Å². The van der Waals surface area contributed by atoms with Gasteiger partial charge in [-0.3, -0.25) is 14.6 Å². The monoisotopic (exact) mass is 317 g/mol. The molecule has 0 radical (unpaired) electrons. The van der Waals surface area contributed by atoms with E-state index >= 15 is 0 Å². The molecule has 1 aliphatic heterocycles. The molecule has 6 heteroatoms. The van der Waals surface area contributed by atoms with Crippen molar-refractivity contribution in [2.24, 2.45) is 5.73 Å². The number of para-hydroxylation sites is 1. The number of nitrogens with two attached hydrogens (primary N) is 1. The van der Waals surface area contributed by atoms with E-state index in [1.807, 2.05) is 30.1 Å². The van der Waals surface area contributed by atoms with E-state index in [0.29, 0.717) is 13.2 Å². The number of carbonyl (C=O) groups excluding carboxylic acids is 1. The molecule has 0 aliphatic carbocycles. The summed E-state index contributed by atoms with van der Waals surface area (Å²) in [6, 6.07) is 10.1. The zero-order valence-corrected chi connectivity index (χ0v) is 13.4. The summed E-state index contributed by atoms with van der Waals surface area (Å²) >= 11 is 0. The summed E-state index contributed by atoms with van der Waals surface area (Å²) in [6.45, 7) is 4.11. The van der Waals surface area contributed by atoms with Crippen molar-refractivity contribution in [2.45, 2.75) is 12.6 Å². The molecule has 2 N–H and O–H groups in total.